The number of likely N-dealkylation sites (N-methyl/N-ethyl adjacent to an activating group) is 1. The molecule has 3 rings (SSSR count). The summed E-state index contributed by atoms with van der Waals surface area (Å²) >= 11 is 0. The summed E-state index contributed by atoms with van der Waals surface area (Å²) in [5.41, 5.74) is 2.03. The number of halogens is 1. The molecule has 8 heteroatoms. The number of ether oxygens (including phenoxy) is 1. The van der Waals surface area contributed by atoms with Gasteiger partial charge < -0.3 is 14.6 Å². The van der Waals surface area contributed by atoms with E-state index in [1.54, 1.807) is 13.4 Å². The number of aromatic nitrogens is 3. The number of para-hydroxylation sites is 1. The molecule has 2 aromatic heterocycles. The largest absolute Gasteiger partial charge is 0.387 e. The number of hydrogen-bond donors (Lipinski definition) is 1. The van der Waals surface area contributed by atoms with E-state index in [1.165, 1.54) is 0 Å². The maximum absolute atomic E-state index is 12.4. The van der Waals surface area contributed by atoms with Crippen molar-refractivity contribution in [3.8, 4) is 0 Å². The Bertz CT molecular complexity index is 939. The third-order valence-electron chi connectivity index (χ3n) is 3.93. The minimum Gasteiger partial charge on any atom is -0.387 e. The van der Waals surface area contributed by atoms with Crippen LogP contribution in [0.25, 0.3) is 21.9 Å². The summed E-state index contributed by atoms with van der Waals surface area (Å²) < 4.78 is 6.90. The van der Waals surface area contributed by atoms with Crippen LogP contribution in [0, 0.1) is 0 Å². The first-order valence-corrected chi connectivity index (χ1v) is 8.29. The van der Waals surface area contributed by atoms with E-state index in [0.717, 1.165) is 30.3 Å². The van der Waals surface area contributed by atoms with Crippen LogP contribution in [0.4, 0.5) is 0 Å². The molecule has 0 atom stereocenters. The Kier molecular flexibility index (Phi) is 6.65. The van der Waals surface area contributed by atoms with Crippen molar-refractivity contribution in [2.75, 3.05) is 13.6 Å². The molecular formula is C18H21ClN4O3. The summed E-state index contributed by atoms with van der Waals surface area (Å²) in [6, 6.07) is 7.57. The van der Waals surface area contributed by atoms with Crippen molar-refractivity contribution in [1.82, 2.24) is 19.9 Å². The minimum atomic E-state index is -0.781. The number of nitrogens with zero attached hydrogens (tertiary/aromatic N) is 3. The van der Waals surface area contributed by atoms with E-state index >= 15 is 0 Å². The molecule has 0 amide bonds. The Morgan fingerprint density at radius 1 is 1.27 bits per heavy atom. The van der Waals surface area contributed by atoms with Crippen molar-refractivity contribution < 1.29 is 14.3 Å². The summed E-state index contributed by atoms with van der Waals surface area (Å²) in [5.74, 6) is -1.43. The average molecular weight is 377 g/mol. The van der Waals surface area contributed by atoms with Crippen molar-refractivity contribution >= 4 is 46.3 Å². The Hall–Kier alpha value is -2.51. The highest BCUT2D eigenvalue weighted by molar-refractivity contribution is 6.12. The molecule has 0 fully saturated rings. The summed E-state index contributed by atoms with van der Waals surface area (Å²) in [7, 11) is 1.60. The number of hydrogen-bond acceptors (Lipinski definition) is 6. The lowest BCUT2D eigenvalue weighted by molar-refractivity contribution is -0.136. The van der Waals surface area contributed by atoms with Gasteiger partial charge in [-0.3, -0.25) is 4.79 Å². The van der Waals surface area contributed by atoms with Gasteiger partial charge in [0.2, 0.25) is 0 Å². The maximum Gasteiger partial charge on any atom is 0.366 e. The Balaban J connectivity index is 0.00000243. The molecule has 0 aliphatic rings. The van der Waals surface area contributed by atoms with E-state index in [4.69, 9.17) is 4.74 Å². The average Bonchev–Trinajstić information content (AvgIpc) is 3.03. The maximum atomic E-state index is 12.4. The van der Waals surface area contributed by atoms with Crippen LogP contribution in [0.1, 0.15) is 30.3 Å². The van der Waals surface area contributed by atoms with Crippen molar-refractivity contribution in [3.05, 3.63) is 36.3 Å². The summed E-state index contributed by atoms with van der Waals surface area (Å²) in [6.07, 6.45) is 3.76. The van der Waals surface area contributed by atoms with Gasteiger partial charge in [-0.1, -0.05) is 31.5 Å². The molecule has 0 aliphatic heterocycles. The third-order valence-corrected chi connectivity index (χ3v) is 3.93. The second-order valence-corrected chi connectivity index (χ2v) is 5.76. The van der Waals surface area contributed by atoms with E-state index in [9.17, 15) is 9.59 Å². The lowest BCUT2D eigenvalue weighted by Gasteiger charge is -2.08. The molecule has 1 N–H and O–H groups in total. The number of benzene rings is 1. The molecule has 2 heterocycles. The van der Waals surface area contributed by atoms with Gasteiger partial charge in [0, 0.05) is 11.9 Å². The second kappa shape index (κ2) is 8.73. The van der Waals surface area contributed by atoms with Crippen LogP contribution >= 0.6 is 12.4 Å². The fraction of sp³-hybridized carbons (Fsp3) is 0.333. The first-order chi connectivity index (χ1) is 12.2. The highest BCUT2D eigenvalue weighted by atomic mass is 35.5. The molecule has 0 bridgehead atoms. The predicted molar refractivity (Wildman–Crippen MR) is 102 cm³/mol. The van der Waals surface area contributed by atoms with E-state index in [1.807, 2.05) is 28.8 Å². The van der Waals surface area contributed by atoms with Gasteiger partial charge in [0.15, 0.2) is 5.69 Å². The van der Waals surface area contributed by atoms with Gasteiger partial charge in [0.25, 0.3) is 0 Å². The number of nitrogens with one attached hydrogen (secondary N) is 1. The van der Waals surface area contributed by atoms with Crippen molar-refractivity contribution in [2.45, 2.75) is 26.3 Å². The van der Waals surface area contributed by atoms with Crippen molar-refractivity contribution in [1.29, 1.82) is 0 Å². The topological polar surface area (TPSA) is 86.1 Å². The molecule has 1 aromatic carbocycles. The Morgan fingerprint density at radius 3 is 2.77 bits per heavy atom. The molecule has 0 spiro atoms. The second-order valence-electron chi connectivity index (χ2n) is 5.76. The lowest BCUT2D eigenvalue weighted by Crippen LogP contribution is -2.24. The molecule has 0 unspecified atom stereocenters. The number of rotatable bonds is 6. The fourth-order valence-electron chi connectivity index (χ4n) is 2.76. The zero-order valence-corrected chi connectivity index (χ0v) is 15.5. The molecule has 0 aliphatic carbocycles. The van der Waals surface area contributed by atoms with Crippen LogP contribution in [0.2, 0.25) is 0 Å². The molecule has 138 valence electrons. The Morgan fingerprint density at radius 2 is 2.04 bits per heavy atom. The number of unbranched alkanes of at least 4 members (excludes halogenated alkanes) is 1. The van der Waals surface area contributed by atoms with Crippen LogP contribution < -0.4 is 5.32 Å². The number of imidazole rings is 1. The quantitative estimate of drug-likeness (QED) is 0.526. The summed E-state index contributed by atoms with van der Waals surface area (Å²) in [5, 5.41) is 3.57. The molecule has 0 saturated heterocycles. The highest BCUT2D eigenvalue weighted by Gasteiger charge is 2.22. The summed E-state index contributed by atoms with van der Waals surface area (Å²) in [4.78, 5) is 32.8. The monoisotopic (exact) mass is 376 g/mol. The van der Waals surface area contributed by atoms with Crippen molar-refractivity contribution in [2.24, 2.45) is 0 Å². The summed E-state index contributed by atoms with van der Waals surface area (Å²) in [6.45, 7) is 2.87. The third kappa shape index (κ3) is 3.84. The van der Waals surface area contributed by atoms with E-state index in [2.05, 4.69) is 22.2 Å². The van der Waals surface area contributed by atoms with Gasteiger partial charge in [-0.05, 0) is 19.5 Å². The van der Waals surface area contributed by atoms with Crippen LogP contribution in [0.5, 0.6) is 0 Å². The van der Waals surface area contributed by atoms with Gasteiger partial charge in [-0.25, -0.2) is 14.8 Å². The SMILES string of the molecule is CCCCn1cnc2c(C(=O)OC(=O)CNC)nc3ccccc3c21.Cl. The number of pyridine rings is 1. The predicted octanol–water partition coefficient (Wildman–Crippen LogP) is 2.71. The molecule has 26 heavy (non-hydrogen) atoms. The number of fused-ring (bicyclic) bond motifs is 3. The lowest BCUT2D eigenvalue weighted by atomic mass is 10.1. The number of esters is 2. The normalized spacial score (nSPS) is 10.7. The number of aryl methyl sites for hydroxylation is 1. The minimum absolute atomic E-state index is 0. The van der Waals surface area contributed by atoms with E-state index < -0.39 is 11.9 Å². The molecule has 0 radical (unpaired) electrons. The van der Waals surface area contributed by atoms with Crippen LogP contribution in [-0.2, 0) is 16.1 Å². The first kappa shape index (κ1) is 19.8. The highest BCUT2D eigenvalue weighted by Crippen LogP contribution is 2.26. The zero-order valence-electron chi connectivity index (χ0n) is 14.7. The molecule has 7 nitrogen and oxygen atoms in total. The van der Waals surface area contributed by atoms with Gasteiger partial charge >= 0.3 is 11.9 Å². The van der Waals surface area contributed by atoms with Gasteiger partial charge in [0.1, 0.15) is 5.52 Å². The van der Waals surface area contributed by atoms with Crippen molar-refractivity contribution in [3.63, 3.8) is 0 Å². The smallest absolute Gasteiger partial charge is 0.366 e. The first-order valence-electron chi connectivity index (χ1n) is 8.29. The van der Waals surface area contributed by atoms with Crippen LogP contribution in [-0.4, -0.2) is 40.1 Å². The zero-order chi connectivity index (χ0) is 17.8. The number of carbonyl (C=O) groups excluding carboxylic acids is 2. The van der Waals surface area contributed by atoms with Crippen LogP contribution in [0.15, 0.2) is 30.6 Å². The molecule has 0 saturated carbocycles. The number of carbonyl (C=O) groups is 2. The van der Waals surface area contributed by atoms with Crippen LogP contribution in [0.3, 0.4) is 0 Å². The van der Waals surface area contributed by atoms with E-state index in [-0.39, 0.29) is 24.6 Å². The standard InChI is InChI=1S/C18H20N4O3.ClH/c1-3-4-9-22-11-20-15-16(18(24)25-14(23)10-19-2)21-13-8-6-5-7-12(13)17(15)22;/h5-8,11,19H,3-4,9-10H2,1-2H3;1H. The van der Waals surface area contributed by atoms with E-state index in [0.29, 0.717) is 11.0 Å². The molecular weight excluding hydrogens is 356 g/mol. The Labute approximate surface area is 157 Å². The fourth-order valence-corrected chi connectivity index (χ4v) is 2.76. The van der Waals surface area contributed by atoms with Gasteiger partial charge in [-0.15, -0.1) is 12.4 Å². The van der Waals surface area contributed by atoms with Gasteiger partial charge in [-0.2, -0.15) is 0 Å². The molecule has 3 aromatic rings. The van der Waals surface area contributed by atoms with Gasteiger partial charge in [0.05, 0.1) is 23.9 Å².